The molecule has 3 heteroatoms. The van der Waals surface area contributed by atoms with Crippen molar-refractivity contribution in [2.24, 2.45) is 0 Å². The Labute approximate surface area is 71.7 Å². The molecule has 64 valence electrons. The van der Waals surface area contributed by atoms with Gasteiger partial charge in [-0.05, 0) is 6.92 Å². The molecule has 2 amide bonds. The third-order valence-corrected chi connectivity index (χ3v) is 1.94. The van der Waals surface area contributed by atoms with E-state index >= 15 is 0 Å². The number of carbonyl (C=O) groups excluding carboxylic acids is 2. The highest BCUT2D eigenvalue weighted by molar-refractivity contribution is 6.02. The van der Waals surface area contributed by atoms with Gasteiger partial charge in [-0.2, -0.15) is 0 Å². The van der Waals surface area contributed by atoms with E-state index in [1.807, 2.05) is 0 Å². The van der Waals surface area contributed by atoms with Gasteiger partial charge in [0.1, 0.15) is 0 Å². The summed E-state index contributed by atoms with van der Waals surface area (Å²) in [6.07, 6.45) is 6.21. The van der Waals surface area contributed by atoms with Crippen molar-refractivity contribution < 1.29 is 9.59 Å². The molecule has 1 fully saturated rings. The van der Waals surface area contributed by atoms with E-state index in [0.29, 0.717) is 19.3 Å². The van der Waals surface area contributed by atoms with Crippen LogP contribution in [0.15, 0.2) is 0 Å². The highest BCUT2D eigenvalue weighted by Crippen LogP contribution is 2.16. The molecule has 0 aromatic carbocycles. The van der Waals surface area contributed by atoms with E-state index in [-0.39, 0.29) is 17.9 Å². The van der Waals surface area contributed by atoms with Crippen molar-refractivity contribution in [3.8, 4) is 12.3 Å². The standard InChI is InChI=1S/C9H11NO2/c1-3-4-7(2)10-8(11)5-6-9(10)12/h1,7H,4-6H2,2H3. The monoisotopic (exact) mass is 165 g/mol. The van der Waals surface area contributed by atoms with Crippen molar-refractivity contribution in [3.63, 3.8) is 0 Å². The normalized spacial score (nSPS) is 19.5. The summed E-state index contributed by atoms with van der Waals surface area (Å²) >= 11 is 0. The second-order valence-electron chi connectivity index (χ2n) is 2.91. The predicted octanol–water partition coefficient (Wildman–Crippen LogP) is 0.547. The molecular formula is C9H11NO2. The second kappa shape index (κ2) is 3.40. The Balaban J connectivity index is 2.67. The molecule has 3 nitrogen and oxygen atoms in total. The van der Waals surface area contributed by atoms with Crippen LogP contribution in [0.5, 0.6) is 0 Å². The number of hydrogen-bond donors (Lipinski definition) is 0. The minimum atomic E-state index is -0.141. The zero-order valence-electron chi connectivity index (χ0n) is 7.04. The first-order valence-corrected chi connectivity index (χ1v) is 3.95. The maximum absolute atomic E-state index is 11.1. The third kappa shape index (κ3) is 1.48. The number of likely N-dealkylation sites (tertiary alicyclic amines) is 1. The molecule has 1 aliphatic rings. The molecule has 1 saturated heterocycles. The van der Waals surface area contributed by atoms with Gasteiger partial charge < -0.3 is 0 Å². The van der Waals surface area contributed by atoms with Crippen molar-refractivity contribution in [2.75, 3.05) is 0 Å². The smallest absolute Gasteiger partial charge is 0.229 e. The van der Waals surface area contributed by atoms with Crippen LogP contribution >= 0.6 is 0 Å². The summed E-state index contributed by atoms with van der Waals surface area (Å²) in [6, 6.07) is -0.141. The predicted molar refractivity (Wildman–Crippen MR) is 44.0 cm³/mol. The zero-order chi connectivity index (χ0) is 9.14. The van der Waals surface area contributed by atoms with E-state index in [4.69, 9.17) is 6.42 Å². The Bertz CT molecular complexity index is 236. The van der Waals surface area contributed by atoms with Gasteiger partial charge in [0.15, 0.2) is 0 Å². The average Bonchev–Trinajstić information content (AvgIpc) is 2.32. The first kappa shape index (κ1) is 8.79. The van der Waals surface area contributed by atoms with Crippen LogP contribution in [0.2, 0.25) is 0 Å². The van der Waals surface area contributed by atoms with Crippen LogP contribution in [0.4, 0.5) is 0 Å². The van der Waals surface area contributed by atoms with Crippen LogP contribution in [0.1, 0.15) is 26.2 Å². The van der Waals surface area contributed by atoms with Crippen LogP contribution in [0.3, 0.4) is 0 Å². The van der Waals surface area contributed by atoms with Gasteiger partial charge in [-0.1, -0.05) is 0 Å². The fourth-order valence-corrected chi connectivity index (χ4v) is 1.35. The minimum absolute atomic E-state index is 0.0947. The highest BCUT2D eigenvalue weighted by atomic mass is 16.2. The fraction of sp³-hybridized carbons (Fsp3) is 0.556. The molecule has 0 radical (unpaired) electrons. The van der Waals surface area contributed by atoms with Gasteiger partial charge in [0, 0.05) is 25.3 Å². The summed E-state index contributed by atoms with van der Waals surface area (Å²) in [5.41, 5.74) is 0. The molecule has 0 aromatic rings. The van der Waals surface area contributed by atoms with Gasteiger partial charge in [0.05, 0.1) is 0 Å². The summed E-state index contributed by atoms with van der Waals surface area (Å²) in [5.74, 6) is 2.25. The number of terminal acetylenes is 1. The Morgan fingerprint density at radius 2 is 2.00 bits per heavy atom. The maximum Gasteiger partial charge on any atom is 0.229 e. The first-order valence-electron chi connectivity index (χ1n) is 3.95. The van der Waals surface area contributed by atoms with Crippen LogP contribution < -0.4 is 0 Å². The Morgan fingerprint density at radius 1 is 1.50 bits per heavy atom. The summed E-state index contributed by atoms with van der Waals surface area (Å²) < 4.78 is 0. The van der Waals surface area contributed by atoms with Gasteiger partial charge in [-0.25, -0.2) is 0 Å². The molecular weight excluding hydrogens is 154 g/mol. The number of imide groups is 1. The molecule has 0 bridgehead atoms. The number of rotatable bonds is 2. The summed E-state index contributed by atoms with van der Waals surface area (Å²) in [4.78, 5) is 23.6. The van der Waals surface area contributed by atoms with Gasteiger partial charge in [-0.15, -0.1) is 12.3 Å². The average molecular weight is 165 g/mol. The molecule has 1 atom stereocenters. The summed E-state index contributed by atoms with van der Waals surface area (Å²) in [5, 5.41) is 0. The second-order valence-corrected chi connectivity index (χ2v) is 2.91. The molecule has 1 aliphatic heterocycles. The fourth-order valence-electron chi connectivity index (χ4n) is 1.35. The lowest BCUT2D eigenvalue weighted by molar-refractivity contribution is -0.140. The van der Waals surface area contributed by atoms with E-state index < -0.39 is 0 Å². The van der Waals surface area contributed by atoms with Crippen molar-refractivity contribution in [1.29, 1.82) is 0 Å². The minimum Gasteiger partial charge on any atom is -0.279 e. The van der Waals surface area contributed by atoms with Crippen molar-refractivity contribution >= 4 is 11.8 Å². The lowest BCUT2D eigenvalue weighted by atomic mass is 10.2. The van der Waals surface area contributed by atoms with Gasteiger partial charge in [0.2, 0.25) is 11.8 Å². The van der Waals surface area contributed by atoms with Crippen molar-refractivity contribution in [3.05, 3.63) is 0 Å². The van der Waals surface area contributed by atoms with Gasteiger partial charge in [-0.3, -0.25) is 14.5 Å². The summed E-state index contributed by atoms with van der Waals surface area (Å²) in [6.45, 7) is 1.79. The topological polar surface area (TPSA) is 37.4 Å². The molecule has 1 heterocycles. The number of nitrogens with zero attached hydrogens (tertiary/aromatic N) is 1. The van der Waals surface area contributed by atoms with Crippen LogP contribution in [-0.2, 0) is 9.59 Å². The van der Waals surface area contributed by atoms with Gasteiger partial charge >= 0.3 is 0 Å². The molecule has 0 saturated carbocycles. The summed E-state index contributed by atoms with van der Waals surface area (Å²) in [7, 11) is 0. The number of amides is 2. The number of hydrogen-bond acceptors (Lipinski definition) is 2. The van der Waals surface area contributed by atoms with Crippen LogP contribution in [0.25, 0.3) is 0 Å². The van der Waals surface area contributed by atoms with Crippen molar-refractivity contribution in [1.82, 2.24) is 4.90 Å². The molecule has 0 spiro atoms. The first-order chi connectivity index (χ1) is 5.66. The number of carbonyl (C=O) groups is 2. The SMILES string of the molecule is C#CCC(C)N1C(=O)CCC1=O. The molecule has 1 rings (SSSR count). The van der Waals surface area contributed by atoms with Crippen LogP contribution in [0, 0.1) is 12.3 Å². The lowest BCUT2D eigenvalue weighted by Gasteiger charge is -2.19. The van der Waals surface area contributed by atoms with E-state index in [1.165, 1.54) is 4.90 Å². The van der Waals surface area contributed by atoms with Gasteiger partial charge in [0.25, 0.3) is 0 Å². The molecule has 1 unspecified atom stereocenters. The van der Waals surface area contributed by atoms with E-state index in [9.17, 15) is 9.59 Å². The van der Waals surface area contributed by atoms with Crippen LogP contribution in [-0.4, -0.2) is 22.8 Å². The third-order valence-electron chi connectivity index (χ3n) is 1.94. The molecule has 0 aromatic heterocycles. The Hall–Kier alpha value is -1.30. The van der Waals surface area contributed by atoms with Crippen molar-refractivity contribution in [2.45, 2.75) is 32.2 Å². The van der Waals surface area contributed by atoms with E-state index in [1.54, 1.807) is 6.92 Å². The quantitative estimate of drug-likeness (QED) is 0.442. The van der Waals surface area contributed by atoms with E-state index in [2.05, 4.69) is 5.92 Å². The Morgan fingerprint density at radius 3 is 2.42 bits per heavy atom. The van der Waals surface area contributed by atoms with E-state index in [0.717, 1.165) is 0 Å². The zero-order valence-corrected chi connectivity index (χ0v) is 7.04. The molecule has 12 heavy (non-hydrogen) atoms. The Kier molecular flexibility index (Phi) is 2.49. The lowest BCUT2D eigenvalue weighted by Crippen LogP contribution is -2.37. The molecule has 0 N–H and O–H groups in total. The largest absolute Gasteiger partial charge is 0.279 e. The molecule has 0 aliphatic carbocycles. The highest BCUT2D eigenvalue weighted by Gasteiger charge is 2.32. The maximum atomic E-state index is 11.1.